The number of aliphatic hydroxyl groups is 1. The van der Waals surface area contributed by atoms with Crippen LogP contribution >= 0.6 is 0 Å². The lowest BCUT2D eigenvalue weighted by Crippen LogP contribution is -2.48. The summed E-state index contributed by atoms with van der Waals surface area (Å²) in [5.74, 6) is -0.744. The molecule has 14 heteroatoms. The van der Waals surface area contributed by atoms with Gasteiger partial charge in [-0.2, -0.15) is 13.2 Å². The van der Waals surface area contributed by atoms with Crippen LogP contribution in [0.1, 0.15) is 63.2 Å². The second-order valence-corrected chi connectivity index (χ2v) is 12.2. The number of fused-ring (bicyclic) bond motifs is 1. The maximum atomic E-state index is 14.2. The lowest BCUT2D eigenvalue weighted by Gasteiger charge is -2.35. The van der Waals surface area contributed by atoms with E-state index in [2.05, 4.69) is 10.6 Å². The highest BCUT2D eigenvalue weighted by Gasteiger charge is 2.32. The van der Waals surface area contributed by atoms with Gasteiger partial charge in [-0.1, -0.05) is 6.92 Å². The second-order valence-electron chi connectivity index (χ2n) is 12.2. The van der Waals surface area contributed by atoms with Crippen molar-refractivity contribution in [2.45, 2.75) is 77.3 Å². The van der Waals surface area contributed by atoms with Crippen LogP contribution in [0.15, 0.2) is 42.5 Å². The Bertz CT molecular complexity index is 1360. The molecule has 0 radical (unpaired) electrons. The summed E-state index contributed by atoms with van der Waals surface area (Å²) in [5.41, 5.74) is 0.822. The molecule has 0 unspecified atom stereocenters. The Hall–Kier alpha value is -4.04. The number of urea groups is 1. The number of nitrogens with one attached hydrogen (secondary N) is 2. The van der Waals surface area contributed by atoms with E-state index in [1.165, 1.54) is 28.0 Å². The van der Waals surface area contributed by atoms with Crippen molar-refractivity contribution in [3.63, 3.8) is 0 Å². The van der Waals surface area contributed by atoms with E-state index < -0.39 is 43.0 Å². The number of carbonyl (C=O) groups excluding carboxylic acids is 3. The minimum atomic E-state index is -4.48. The number of aliphatic hydroxyl groups excluding tert-OH is 1. The highest BCUT2D eigenvalue weighted by molar-refractivity contribution is 5.99. The molecule has 4 atom stereocenters. The summed E-state index contributed by atoms with van der Waals surface area (Å²) in [4.78, 5) is 42.5. The van der Waals surface area contributed by atoms with E-state index in [1.807, 2.05) is 13.8 Å². The zero-order valence-corrected chi connectivity index (χ0v) is 28.1. The number of benzene rings is 2. The Morgan fingerprint density at radius 1 is 1.10 bits per heavy atom. The fraction of sp³-hybridized carbons (Fsp3) is 0.559. The van der Waals surface area contributed by atoms with E-state index in [0.29, 0.717) is 24.5 Å². The third kappa shape index (κ3) is 11.9. The van der Waals surface area contributed by atoms with Crippen LogP contribution in [0.2, 0.25) is 0 Å². The van der Waals surface area contributed by atoms with E-state index in [-0.39, 0.29) is 54.7 Å². The Morgan fingerprint density at radius 3 is 2.44 bits per heavy atom. The second kappa shape index (κ2) is 17.9. The Morgan fingerprint density at radius 2 is 1.79 bits per heavy atom. The number of alkyl halides is 3. The van der Waals surface area contributed by atoms with Crippen LogP contribution in [0, 0.1) is 5.92 Å². The van der Waals surface area contributed by atoms with Gasteiger partial charge in [-0.15, -0.1) is 0 Å². The standard InChI is InChI=1S/C34H47F3N4O7/c1-22-19-41(23(2)21-42)32(44)28-18-26(38-31(43)15-16-34(35,36)37)11-14-29(28)48-24(3)8-6-7-17-47-30(22)20-40(4)33(45)39-25-9-12-27(46-5)13-10-25/h9-14,18,22-24,30,42H,6-8,15-17,19-21H2,1-5H3,(H,38,43)(H,39,45)/t22-,23+,24-,30-/m1/s1. The first-order valence-corrected chi connectivity index (χ1v) is 16.1. The summed E-state index contributed by atoms with van der Waals surface area (Å²) in [6.07, 6.45) is -5.15. The topological polar surface area (TPSA) is 130 Å². The predicted octanol–water partition coefficient (Wildman–Crippen LogP) is 5.94. The van der Waals surface area contributed by atoms with Crippen molar-refractivity contribution in [1.29, 1.82) is 0 Å². The van der Waals surface area contributed by atoms with Gasteiger partial charge in [-0.3, -0.25) is 9.59 Å². The van der Waals surface area contributed by atoms with Crippen LogP contribution in [0.4, 0.5) is 29.3 Å². The van der Waals surface area contributed by atoms with Gasteiger partial charge in [0.15, 0.2) is 0 Å². The largest absolute Gasteiger partial charge is 0.497 e. The molecule has 4 amide bonds. The molecule has 1 heterocycles. The van der Waals surface area contributed by atoms with Gasteiger partial charge in [0.2, 0.25) is 5.91 Å². The summed E-state index contributed by atoms with van der Waals surface area (Å²) < 4.78 is 55.6. The molecule has 11 nitrogen and oxygen atoms in total. The summed E-state index contributed by atoms with van der Waals surface area (Å²) >= 11 is 0. The highest BCUT2D eigenvalue weighted by Crippen LogP contribution is 2.29. The first kappa shape index (κ1) is 38.4. The Labute approximate surface area is 279 Å². The average Bonchev–Trinajstić information content (AvgIpc) is 3.05. The molecular weight excluding hydrogens is 633 g/mol. The maximum absolute atomic E-state index is 14.2. The molecule has 0 spiro atoms. The van der Waals surface area contributed by atoms with Crippen molar-refractivity contribution >= 4 is 29.2 Å². The van der Waals surface area contributed by atoms with Crippen LogP contribution in [0.25, 0.3) is 0 Å². The minimum absolute atomic E-state index is 0.0912. The lowest BCUT2D eigenvalue weighted by molar-refractivity contribution is -0.142. The van der Waals surface area contributed by atoms with Gasteiger partial charge in [-0.05, 0) is 75.6 Å². The van der Waals surface area contributed by atoms with E-state index in [1.54, 1.807) is 45.3 Å². The molecule has 0 saturated heterocycles. The van der Waals surface area contributed by atoms with Crippen LogP contribution in [0.5, 0.6) is 11.5 Å². The number of likely N-dealkylation sites (N-methyl/N-ethyl adjacent to an activating group) is 1. The van der Waals surface area contributed by atoms with Gasteiger partial charge in [0.25, 0.3) is 5.91 Å². The fourth-order valence-corrected chi connectivity index (χ4v) is 5.19. The Kier molecular flexibility index (Phi) is 14.3. The van der Waals surface area contributed by atoms with Gasteiger partial charge in [0.05, 0.1) is 44.0 Å². The van der Waals surface area contributed by atoms with Gasteiger partial charge in [-0.25, -0.2) is 4.79 Å². The number of rotatable bonds is 9. The number of amides is 4. The lowest BCUT2D eigenvalue weighted by atomic mass is 10.0. The molecule has 0 aliphatic carbocycles. The van der Waals surface area contributed by atoms with E-state index in [9.17, 15) is 32.7 Å². The molecule has 0 bridgehead atoms. The van der Waals surface area contributed by atoms with Crippen LogP contribution < -0.4 is 20.1 Å². The zero-order valence-electron chi connectivity index (χ0n) is 28.1. The Balaban J connectivity index is 1.86. The van der Waals surface area contributed by atoms with Crippen molar-refractivity contribution in [3.05, 3.63) is 48.0 Å². The fourth-order valence-electron chi connectivity index (χ4n) is 5.19. The van der Waals surface area contributed by atoms with E-state index in [4.69, 9.17) is 14.2 Å². The summed E-state index contributed by atoms with van der Waals surface area (Å²) in [6, 6.07) is 10.3. The number of nitrogens with zero attached hydrogens (tertiary/aromatic N) is 2. The van der Waals surface area contributed by atoms with Gasteiger partial charge in [0, 0.05) is 50.5 Å². The summed E-state index contributed by atoms with van der Waals surface area (Å²) in [7, 11) is 3.21. The first-order valence-electron chi connectivity index (χ1n) is 16.1. The zero-order chi connectivity index (χ0) is 35.4. The third-order valence-corrected chi connectivity index (χ3v) is 8.11. The maximum Gasteiger partial charge on any atom is 0.389 e. The molecule has 48 heavy (non-hydrogen) atoms. The number of anilines is 2. The van der Waals surface area contributed by atoms with Crippen molar-refractivity contribution in [2.75, 3.05) is 51.1 Å². The molecule has 2 aromatic rings. The molecule has 266 valence electrons. The predicted molar refractivity (Wildman–Crippen MR) is 175 cm³/mol. The summed E-state index contributed by atoms with van der Waals surface area (Å²) in [5, 5.41) is 15.4. The molecule has 2 aromatic carbocycles. The number of methoxy groups -OCH3 is 1. The number of carbonyl (C=O) groups is 3. The monoisotopic (exact) mass is 680 g/mol. The molecule has 1 aliphatic rings. The molecule has 1 aliphatic heterocycles. The van der Waals surface area contributed by atoms with Gasteiger partial charge >= 0.3 is 12.2 Å². The molecule has 0 aromatic heterocycles. The minimum Gasteiger partial charge on any atom is -0.497 e. The number of ether oxygens (including phenoxy) is 3. The van der Waals surface area contributed by atoms with Crippen LogP contribution in [-0.4, -0.2) is 97.6 Å². The molecule has 3 N–H and O–H groups in total. The van der Waals surface area contributed by atoms with Crippen molar-refractivity contribution < 1.29 is 46.9 Å². The highest BCUT2D eigenvalue weighted by atomic mass is 19.4. The molecule has 0 saturated carbocycles. The van der Waals surface area contributed by atoms with Crippen molar-refractivity contribution in [1.82, 2.24) is 9.80 Å². The number of hydrogen-bond acceptors (Lipinski definition) is 7. The first-order chi connectivity index (χ1) is 22.7. The van der Waals surface area contributed by atoms with Gasteiger partial charge < -0.3 is 39.8 Å². The van der Waals surface area contributed by atoms with Crippen molar-refractivity contribution in [3.8, 4) is 11.5 Å². The number of hydrogen-bond donors (Lipinski definition) is 3. The molecule has 3 rings (SSSR count). The number of halogens is 3. The molecule has 0 fully saturated rings. The van der Waals surface area contributed by atoms with Crippen LogP contribution in [-0.2, 0) is 9.53 Å². The summed E-state index contributed by atoms with van der Waals surface area (Å²) in [6.45, 7) is 5.86. The van der Waals surface area contributed by atoms with E-state index in [0.717, 1.165) is 12.8 Å². The average molecular weight is 681 g/mol. The SMILES string of the molecule is COc1ccc(NC(=O)N(C)C[C@H]2OCCCC[C@@H](C)Oc3ccc(NC(=O)CCC(F)(F)F)cc3C(=O)N([C@@H](C)CO)C[C@H]2C)cc1. The third-order valence-electron chi connectivity index (χ3n) is 8.11. The van der Waals surface area contributed by atoms with E-state index >= 15 is 0 Å². The van der Waals surface area contributed by atoms with Crippen molar-refractivity contribution in [2.24, 2.45) is 5.92 Å². The quantitative estimate of drug-likeness (QED) is 0.299. The normalized spacial score (nSPS) is 20.1. The van der Waals surface area contributed by atoms with Gasteiger partial charge in [0.1, 0.15) is 11.5 Å². The smallest absolute Gasteiger partial charge is 0.389 e. The molecular formula is C34H47F3N4O7. The van der Waals surface area contributed by atoms with Crippen LogP contribution in [0.3, 0.4) is 0 Å².